The maximum Gasteiger partial charge on any atom is 0.180 e. The van der Waals surface area contributed by atoms with Crippen LogP contribution >= 0.6 is 0 Å². The van der Waals surface area contributed by atoms with Gasteiger partial charge in [-0.2, -0.15) is 0 Å². The third kappa shape index (κ3) is 2.97. The van der Waals surface area contributed by atoms with Crippen molar-refractivity contribution in [1.29, 1.82) is 0 Å². The van der Waals surface area contributed by atoms with Crippen molar-refractivity contribution in [3.63, 3.8) is 0 Å². The summed E-state index contributed by atoms with van der Waals surface area (Å²) in [6, 6.07) is 5.52. The van der Waals surface area contributed by atoms with E-state index in [4.69, 9.17) is 0 Å². The van der Waals surface area contributed by atoms with E-state index in [9.17, 15) is 8.42 Å². The Morgan fingerprint density at radius 1 is 1.28 bits per heavy atom. The van der Waals surface area contributed by atoms with E-state index in [1.807, 2.05) is 19.3 Å². The Hall–Kier alpha value is -2.48. The molecule has 1 N–H and O–H groups in total. The Morgan fingerprint density at radius 2 is 2.12 bits per heavy atom. The molecule has 3 heterocycles. The van der Waals surface area contributed by atoms with Crippen LogP contribution < -0.4 is 4.90 Å². The van der Waals surface area contributed by atoms with Gasteiger partial charge < -0.3 is 9.88 Å². The minimum absolute atomic E-state index is 0.168. The molecule has 1 aliphatic carbocycles. The average molecular weight is 357 g/mol. The summed E-state index contributed by atoms with van der Waals surface area (Å²) in [5.74, 6) is 1.22. The fraction of sp³-hybridized carbons (Fsp3) is 0.353. The van der Waals surface area contributed by atoms with Crippen molar-refractivity contribution in [3.8, 4) is 0 Å². The lowest BCUT2D eigenvalue weighted by Crippen LogP contribution is -2.45. The Kier molecular flexibility index (Phi) is 3.91. The smallest absolute Gasteiger partial charge is 0.180 e. The molecule has 1 saturated carbocycles. The van der Waals surface area contributed by atoms with E-state index in [0.717, 1.165) is 29.7 Å². The van der Waals surface area contributed by atoms with Gasteiger partial charge in [-0.05, 0) is 37.0 Å². The van der Waals surface area contributed by atoms with Crippen LogP contribution in [0.25, 0.3) is 11.0 Å². The summed E-state index contributed by atoms with van der Waals surface area (Å²) in [5.41, 5.74) is 0.812. The Balaban J connectivity index is 1.43. The number of pyridine rings is 1. The zero-order valence-corrected chi connectivity index (χ0v) is 14.6. The first kappa shape index (κ1) is 16.0. The molecule has 0 amide bonds. The quantitative estimate of drug-likeness (QED) is 0.751. The van der Waals surface area contributed by atoms with Gasteiger partial charge in [0.25, 0.3) is 0 Å². The lowest BCUT2D eigenvalue weighted by molar-refractivity contribution is 0.282. The van der Waals surface area contributed by atoms with E-state index in [-0.39, 0.29) is 11.7 Å². The van der Waals surface area contributed by atoms with E-state index in [2.05, 4.69) is 24.8 Å². The van der Waals surface area contributed by atoms with Gasteiger partial charge in [-0.1, -0.05) is 0 Å². The molecular weight excluding hydrogens is 338 g/mol. The molecule has 0 atom stereocenters. The lowest BCUT2D eigenvalue weighted by atomic mass is 9.81. The highest BCUT2D eigenvalue weighted by Crippen LogP contribution is 2.36. The predicted octanol–water partition coefficient (Wildman–Crippen LogP) is 2.04. The molecule has 0 spiro atoms. The van der Waals surface area contributed by atoms with Crippen LogP contribution in [-0.4, -0.2) is 47.2 Å². The molecule has 0 aliphatic heterocycles. The van der Waals surface area contributed by atoms with Crippen LogP contribution in [0.1, 0.15) is 12.8 Å². The number of aromatic nitrogens is 4. The standard InChI is InChI=1S/C17H19N5O2S/c1-22(17-15-4-6-19-16(15)20-11-21-17)13-7-12(8-13)10-25(23,24)14-3-2-5-18-9-14/h2-6,9,11-13H,7-8,10H2,1H3,(H,19,20,21)/t12-,13+. The number of sulfone groups is 1. The molecule has 3 aromatic rings. The van der Waals surface area contributed by atoms with Crippen LogP contribution in [0.15, 0.2) is 48.0 Å². The van der Waals surface area contributed by atoms with Gasteiger partial charge in [-0.3, -0.25) is 4.98 Å². The summed E-state index contributed by atoms with van der Waals surface area (Å²) in [6.07, 6.45) is 8.07. The van der Waals surface area contributed by atoms with E-state index in [1.54, 1.807) is 24.7 Å². The van der Waals surface area contributed by atoms with Gasteiger partial charge >= 0.3 is 0 Å². The number of anilines is 1. The summed E-state index contributed by atoms with van der Waals surface area (Å²) in [7, 11) is -1.27. The van der Waals surface area contributed by atoms with E-state index >= 15 is 0 Å². The zero-order chi connectivity index (χ0) is 17.4. The first-order chi connectivity index (χ1) is 12.0. The summed E-state index contributed by atoms with van der Waals surface area (Å²) in [4.78, 5) is 18.0. The second kappa shape index (κ2) is 6.11. The first-order valence-corrected chi connectivity index (χ1v) is 9.83. The molecule has 1 fully saturated rings. The molecule has 1 aliphatic rings. The predicted molar refractivity (Wildman–Crippen MR) is 95.1 cm³/mol. The molecule has 3 aromatic heterocycles. The second-order valence-electron chi connectivity index (χ2n) is 6.51. The van der Waals surface area contributed by atoms with Crippen LogP contribution in [-0.2, 0) is 9.84 Å². The van der Waals surface area contributed by atoms with Gasteiger partial charge in [0.05, 0.1) is 16.0 Å². The molecule has 0 aromatic carbocycles. The number of nitrogens with one attached hydrogen (secondary N) is 1. The summed E-state index contributed by atoms with van der Waals surface area (Å²) in [5, 5.41) is 0.983. The van der Waals surface area contributed by atoms with E-state index in [0.29, 0.717) is 10.9 Å². The monoisotopic (exact) mass is 357 g/mol. The minimum Gasteiger partial charge on any atom is -0.356 e. The van der Waals surface area contributed by atoms with Crippen LogP contribution in [0.5, 0.6) is 0 Å². The van der Waals surface area contributed by atoms with Crippen LogP contribution in [0.4, 0.5) is 5.82 Å². The molecule has 0 radical (unpaired) electrons. The normalized spacial score (nSPS) is 20.4. The van der Waals surface area contributed by atoms with Gasteiger partial charge in [-0.15, -0.1) is 0 Å². The van der Waals surface area contributed by atoms with Crippen molar-refractivity contribution >= 4 is 26.7 Å². The molecule has 0 bridgehead atoms. The number of fused-ring (bicyclic) bond motifs is 1. The Bertz CT molecular complexity index is 980. The number of rotatable bonds is 5. The maximum absolute atomic E-state index is 12.4. The van der Waals surface area contributed by atoms with E-state index < -0.39 is 9.84 Å². The number of hydrogen-bond acceptors (Lipinski definition) is 6. The van der Waals surface area contributed by atoms with Gasteiger partial charge in [0, 0.05) is 31.7 Å². The fourth-order valence-electron chi connectivity index (χ4n) is 3.40. The molecule has 0 saturated heterocycles. The molecule has 25 heavy (non-hydrogen) atoms. The van der Waals surface area contributed by atoms with Crippen molar-refractivity contribution in [3.05, 3.63) is 43.1 Å². The number of hydrogen-bond donors (Lipinski definition) is 1. The van der Waals surface area contributed by atoms with E-state index in [1.165, 1.54) is 6.20 Å². The van der Waals surface area contributed by atoms with Gasteiger partial charge in [0.15, 0.2) is 9.84 Å². The Labute approximate surface area is 146 Å². The van der Waals surface area contributed by atoms with Crippen molar-refractivity contribution in [1.82, 2.24) is 19.9 Å². The zero-order valence-electron chi connectivity index (χ0n) is 13.8. The third-order valence-electron chi connectivity index (χ3n) is 4.87. The lowest BCUT2D eigenvalue weighted by Gasteiger charge is -2.41. The topological polar surface area (TPSA) is 91.8 Å². The number of nitrogens with zero attached hydrogens (tertiary/aromatic N) is 4. The largest absolute Gasteiger partial charge is 0.356 e. The van der Waals surface area contributed by atoms with Crippen LogP contribution in [0.2, 0.25) is 0 Å². The highest BCUT2D eigenvalue weighted by molar-refractivity contribution is 7.91. The molecule has 7 nitrogen and oxygen atoms in total. The third-order valence-corrected chi connectivity index (χ3v) is 6.74. The SMILES string of the molecule is CN(c1ncnc2[nH]ccc12)[C@H]1C[C@@H](CS(=O)(=O)c2cccnc2)C1. The van der Waals surface area contributed by atoms with Gasteiger partial charge in [0.1, 0.15) is 17.8 Å². The molecular formula is C17H19N5O2S. The van der Waals surface area contributed by atoms with Crippen LogP contribution in [0.3, 0.4) is 0 Å². The maximum atomic E-state index is 12.4. The fourth-order valence-corrected chi connectivity index (χ4v) is 5.00. The minimum atomic E-state index is -3.27. The van der Waals surface area contributed by atoms with Crippen molar-refractivity contribution in [2.45, 2.75) is 23.8 Å². The molecule has 8 heteroatoms. The second-order valence-corrected chi connectivity index (χ2v) is 8.54. The number of H-pyrrole nitrogens is 1. The van der Waals surface area contributed by atoms with Crippen molar-refractivity contribution in [2.75, 3.05) is 17.7 Å². The van der Waals surface area contributed by atoms with Gasteiger partial charge in [0.2, 0.25) is 0 Å². The highest BCUT2D eigenvalue weighted by Gasteiger charge is 2.36. The molecule has 0 unspecified atom stereocenters. The van der Waals surface area contributed by atoms with Crippen molar-refractivity contribution < 1.29 is 8.42 Å². The molecule has 130 valence electrons. The Morgan fingerprint density at radius 3 is 2.88 bits per heavy atom. The summed E-state index contributed by atoms with van der Waals surface area (Å²) in [6.45, 7) is 0. The molecule has 4 rings (SSSR count). The highest BCUT2D eigenvalue weighted by atomic mass is 32.2. The van der Waals surface area contributed by atoms with Crippen molar-refractivity contribution in [2.24, 2.45) is 5.92 Å². The number of aromatic amines is 1. The van der Waals surface area contributed by atoms with Gasteiger partial charge in [-0.25, -0.2) is 18.4 Å². The first-order valence-electron chi connectivity index (χ1n) is 8.18. The summed E-state index contributed by atoms with van der Waals surface area (Å²) >= 11 is 0. The summed E-state index contributed by atoms with van der Waals surface area (Å²) < 4.78 is 24.9. The average Bonchev–Trinajstić information content (AvgIpc) is 3.06. The van der Waals surface area contributed by atoms with Crippen LogP contribution in [0, 0.1) is 5.92 Å².